The van der Waals surface area contributed by atoms with Gasteiger partial charge in [0, 0.05) is 0 Å². The summed E-state index contributed by atoms with van der Waals surface area (Å²) in [6.07, 6.45) is -5.30. The summed E-state index contributed by atoms with van der Waals surface area (Å²) in [4.78, 5) is 34.3. The standard InChI is InChI=1S/C15H17F3N2O5/c1-2-11(25-10-6-4-3-5-7-10)13(22)24-8-12(21)20-14(23)19-9-15(16,17)18/h3-7,11H,2,8-9H2,1H3,(H2,19,20,21,23)/t11-/m1/s1. The number of hydrogen-bond acceptors (Lipinski definition) is 5. The Labute approximate surface area is 141 Å². The number of nitrogens with one attached hydrogen (secondary N) is 2. The summed E-state index contributed by atoms with van der Waals surface area (Å²) in [6, 6.07) is 7.11. The predicted octanol–water partition coefficient (Wildman–Crippen LogP) is 1.78. The van der Waals surface area contributed by atoms with Crippen LogP contribution in [-0.2, 0) is 14.3 Å². The molecule has 0 saturated carbocycles. The zero-order valence-electron chi connectivity index (χ0n) is 13.3. The minimum absolute atomic E-state index is 0.265. The summed E-state index contributed by atoms with van der Waals surface area (Å²) in [7, 11) is 0. The first-order valence-electron chi connectivity index (χ1n) is 7.24. The van der Waals surface area contributed by atoms with Crippen LogP contribution >= 0.6 is 0 Å². The molecule has 1 aromatic carbocycles. The topological polar surface area (TPSA) is 93.7 Å². The van der Waals surface area contributed by atoms with Crippen LogP contribution in [0.4, 0.5) is 18.0 Å². The van der Waals surface area contributed by atoms with E-state index in [1.165, 1.54) is 5.32 Å². The van der Waals surface area contributed by atoms with Crippen LogP contribution in [0.15, 0.2) is 30.3 Å². The summed E-state index contributed by atoms with van der Waals surface area (Å²) in [5, 5.41) is 3.05. The van der Waals surface area contributed by atoms with Crippen molar-refractivity contribution < 1.29 is 37.0 Å². The fourth-order valence-corrected chi connectivity index (χ4v) is 1.58. The molecule has 25 heavy (non-hydrogen) atoms. The molecule has 0 aliphatic carbocycles. The molecular formula is C15H17F3N2O5. The van der Waals surface area contributed by atoms with Crippen LogP contribution in [0.3, 0.4) is 0 Å². The van der Waals surface area contributed by atoms with Crippen LogP contribution in [0.25, 0.3) is 0 Å². The maximum atomic E-state index is 11.9. The van der Waals surface area contributed by atoms with Crippen molar-refractivity contribution in [2.45, 2.75) is 25.6 Å². The Hall–Kier alpha value is -2.78. The lowest BCUT2D eigenvalue weighted by molar-refractivity contribution is -0.155. The summed E-state index contributed by atoms with van der Waals surface area (Å²) < 4.78 is 45.8. The van der Waals surface area contributed by atoms with Gasteiger partial charge in [-0.3, -0.25) is 10.1 Å². The fourth-order valence-electron chi connectivity index (χ4n) is 1.58. The van der Waals surface area contributed by atoms with E-state index in [1.54, 1.807) is 42.6 Å². The Morgan fingerprint density at radius 1 is 1.16 bits per heavy atom. The zero-order chi connectivity index (χ0) is 18.9. The van der Waals surface area contributed by atoms with E-state index in [0.29, 0.717) is 5.75 Å². The van der Waals surface area contributed by atoms with Gasteiger partial charge in [-0.1, -0.05) is 25.1 Å². The molecule has 0 aliphatic rings. The number of esters is 1. The van der Waals surface area contributed by atoms with Crippen molar-refractivity contribution in [3.05, 3.63) is 30.3 Å². The number of alkyl halides is 3. The van der Waals surface area contributed by atoms with Crippen molar-refractivity contribution in [1.82, 2.24) is 10.6 Å². The molecule has 0 saturated heterocycles. The molecule has 0 bridgehead atoms. The van der Waals surface area contributed by atoms with Crippen molar-refractivity contribution in [2.24, 2.45) is 0 Å². The molecule has 7 nitrogen and oxygen atoms in total. The maximum absolute atomic E-state index is 11.9. The lowest BCUT2D eigenvalue weighted by Gasteiger charge is -2.16. The van der Waals surface area contributed by atoms with Gasteiger partial charge in [-0.25, -0.2) is 9.59 Å². The summed E-state index contributed by atoms with van der Waals surface area (Å²) in [5.41, 5.74) is 0. The summed E-state index contributed by atoms with van der Waals surface area (Å²) in [6.45, 7) is -0.749. The molecule has 0 fully saturated rings. The highest BCUT2D eigenvalue weighted by Gasteiger charge is 2.28. The first kappa shape index (κ1) is 20.3. The van der Waals surface area contributed by atoms with Crippen LogP contribution in [-0.4, -0.2) is 43.3 Å². The minimum Gasteiger partial charge on any atom is -0.479 e. The third-order valence-corrected chi connectivity index (χ3v) is 2.70. The van der Waals surface area contributed by atoms with Gasteiger partial charge in [0.2, 0.25) is 0 Å². The Morgan fingerprint density at radius 3 is 2.36 bits per heavy atom. The molecule has 0 radical (unpaired) electrons. The minimum atomic E-state index is -4.60. The number of amides is 3. The quantitative estimate of drug-likeness (QED) is 0.721. The second-order valence-corrected chi connectivity index (χ2v) is 4.78. The van der Waals surface area contributed by atoms with E-state index in [0.717, 1.165) is 0 Å². The molecule has 1 aromatic rings. The normalized spacial score (nSPS) is 12.0. The zero-order valence-corrected chi connectivity index (χ0v) is 13.3. The van der Waals surface area contributed by atoms with Crippen LogP contribution in [0.5, 0.6) is 5.75 Å². The largest absolute Gasteiger partial charge is 0.479 e. The van der Waals surface area contributed by atoms with Gasteiger partial charge in [-0.15, -0.1) is 0 Å². The Bertz CT molecular complexity index is 593. The Balaban J connectivity index is 2.38. The van der Waals surface area contributed by atoms with E-state index in [9.17, 15) is 27.6 Å². The second kappa shape index (κ2) is 9.50. The van der Waals surface area contributed by atoms with Gasteiger partial charge >= 0.3 is 18.2 Å². The highest BCUT2D eigenvalue weighted by molar-refractivity contribution is 5.95. The smallest absolute Gasteiger partial charge is 0.405 e. The number of carbonyl (C=O) groups is 3. The van der Waals surface area contributed by atoms with E-state index < -0.39 is 43.3 Å². The highest BCUT2D eigenvalue weighted by atomic mass is 19.4. The number of benzene rings is 1. The molecule has 1 rings (SSSR count). The molecule has 1 atom stereocenters. The lowest BCUT2D eigenvalue weighted by atomic mass is 10.2. The fraction of sp³-hybridized carbons (Fsp3) is 0.400. The molecule has 10 heteroatoms. The number of hydrogen-bond donors (Lipinski definition) is 2. The molecule has 138 valence electrons. The number of carbonyl (C=O) groups excluding carboxylic acids is 3. The predicted molar refractivity (Wildman–Crippen MR) is 79.7 cm³/mol. The van der Waals surface area contributed by atoms with Gasteiger partial charge in [-0.2, -0.15) is 13.2 Å². The number of halogens is 3. The maximum Gasteiger partial charge on any atom is 0.405 e. The SMILES string of the molecule is CC[C@@H](Oc1ccccc1)C(=O)OCC(=O)NC(=O)NCC(F)(F)F. The van der Waals surface area contributed by atoms with E-state index in [2.05, 4.69) is 0 Å². The van der Waals surface area contributed by atoms with Crippen molar-refractivity contribution in [1.29, 1.82) is 0 Å². The Kier molecular flexibility index (Phi) is 7.70. The molecule has 0 heterocycles. The van der Waals surface area contributed by atoms with E-state index >= 15 is 0 Å². The van der Waals surface area contributed by atoms with Crippen LogP contribution < -0.4 is 15.4 Å². The van der Waals surface area contributed by atoms with Crippen molar-refractivity contribution in [3.63, 3.8) is 0 Å². The van der Waals surface area contributed by atoms with Crippen LogP contribution in [0, 0.1) is 0 Å². The van der Waals surface area contributed by atoms with Gasteiger partial charge < -0.3 is 14.8 Å². The van der Waals surface area contributed by atoms with Crippen molar-refractivity contribution in [3.8, 4) is 5.75 Å². The van der Waals surface area contributed by atoms with Gasteiger partial charge in [-0.05, 0) is 18.6 Å². The molecule has 0 unspecified atom stereocenters. The van der Waals surface area contributed by atoms with E-state index in [-0.39, 0.29) is 6.42 Å². The number of urea groups is 1. The monoisotopic (exact) mass is 362 g/mol. The average molecular weight is 362 g/mol. The van der Waals surface area contributed by atoms with Gasteiger partial charge in [0.25, 0.3) is 5.91 Å². The average Bonchev–Trinajstić information content (AvgIpc) is 2.56. The molecule has 0 spiro atoms. The van der Waals surface area contributed by atoms with Crippen LogP contribution in [0.2, 0.25) is 0 Å². The number of rotatable bonds is 7. The number of imide groups is 1. The molecule has 0 aromatic heterocycles. The van der Waals surface area contributed by atoms with E-state index in [1.807, 2.05) is 0 Å². The van der Waals surface area contributed by atoms with Gasteiger partial charge in [0.15, 0.2) is 12.7 Å². The van der Waals surface area contributed by atoms with Gasteiger partial charge in [0.1, 0.15) is 12.3 Å². The van der Waals surface area contributed by atoms with Crippen molar-refractivity contribution >= 4 is 17.9 Å². The van der Waals surface area contributed by atoms with Gasteiger partial charge in [0.05, 0.1) is 0 Å². The Morgan fingerprint density at radius 2 is 1.80 bits per heavy atom. The van der Waals surface area contributed by atoms with Crippen LogP contribution in [0.1, 0.15) is 13.3 Å². The molecular weight excluding hydrogens is 345 g/mol. The summed E-state index contributed by atoms with van der Waals surface area (Å²) >= 11 is 0. The third kappa shape index (κ3) is 8.58. The lowest BCUT2D eigenvalue weighted by Crippen LogP contribution is -2.45. The number of para-hydroxylation sites is 1. The van der Waals surface area contributed by atoms with Crippen molar-refractivity contribution in [2.75, 3.05) is 13.2 Å². The third-order valence-electron chi connectivity index (χ3n) is 2.70. The second-order valence-electron chi connectivity index (χ2n) is 4.78. The number of ether oxygens (including phenoxy) is 2. The molecule has 2 N–H and O–H groups in total. The summed E-state index contributed by atoms with van der Waals surface area (Å²) in [5.74, 6) is -1.47. The first-order valence-corrected chi connectivity index (χ1v) is 7.24. The first-order chi connectivity index (χ1) is 11.7. The molecule has 3 amide bonds. The molecule has 0 aliphatic heterocycles. The van der Waals surface area contributed by atoms with E-state index in [4.69, 9.17) is 9.47 Å². The highest BCUT2D eigenvalue weighted by Crippen LogP contribution is 2.13.